The summed E-state index contributed by atoms with van der Waals surface area (Å²) in [5, 5.41) is 2.68. The summed E-state index contributed by atoms with van der Waals surface area (Å²) in [7, 11) is -0.476. The number of benzene rings is 1. The van der Waals surface area contributed by atoms with Gasteiger partial charge in [-0.25, -0.2) is 5.09 Å². The summed E-state index contributed by atoms with van der Waals surface area (Å²) in [5.74, 6) is 0.526. The van der Waals surface area contributed by atoms with Gasteiger partial charge < -0.3 is 18.7 Å². The molecular formula is C15H24NO6P. The van der Waals surface area contributed by atoms with Crippen molar-refractivity contribution in [3.05, 3.63) is 24.3 Å². The summed E-state index contributed by atoms with van der Waals surface area (Å²) in [6, 6.07) is 5.82. The van der Waals surface area contributed by atoms with E-state index < -0.39 is 19.5 Å². The number of nitrogens with one attached hydrogen (secondary N) is 1. The van der Waals surface area contributed by atoms with Crippen molar-refractivity contribution in [1.29, 1.82) is 0 Å². The lowest BCUT2D eigenvalue weighted by Crippen LogP contribution is -2.36. The Balaban J connectivity index is 2.80. The van der Waals surface area contributed by atoms with E-state index in [0.717, 1.165) is 0 Å². The van der Waals surface area contributed by atoms with E-state index >= 15 is 0 Å². The van der Waals surface area contributed by atoms with Crippen LogP contribution in [0, 0.1) is 0 Å². The number of carbonyl (C=O) groups excluding carboxylic acids is 1. The number of carbonyl (C=O) groups is 1. The van der Waals surface area contributed by atoms with Crippen LogP contribution in [0.4, 0.5) is 0 Å². The maximum Gasteiger partial charge on any atom is 0.342 e. The van der Waals surface area contributed by atoms with Crippen LogP contribution in [0.5, 0.6) is 11.5 Å². The average molecular weight is 345 g/mol. The lowest BCUT2D eigenvalue weighted by Gasteiger charge is -2.23. The van der Waals surface area contributed by atoms with Crippen LogP contribution in [-0.2, 0) is 18.8 Å². The summed E-state index contributed by atoms with van der Waals surface area (Å²) >= 11 is 0. The molecule has 8 heteroatoms. The number of ether oxygens (including phenoxy) is 3. The largest absolute Gasteiger partial charge is 0.497 e. The highest BCUT2D eigenvalue weighted by atomic mass is 31.2. The van der Waals surface area contributed by atoms with Gasteiger partial charge in [-0.1, -0.05) is 0 Å². The molecule has 1 rings (SSSR count). The average Bonchev–Trinajstić information content (AvgIpc) is 2.47. The van der Waals surface area contributed by atoms with E-state index in [1.54, 1.807) is 52.1 Å². The van der Waals surface area contributed by atoms with Crippen LogP contribution in [0.25, 0.3) is 0 Å². The van der Waals surface area contributed by atoms with Crippen LogP contribution in [0.2, 0.25) is 0 Å². The van der Waals surface area contributed by atoms with Gasteiger partial charge in [-0.05, 0) is 45.0 Å². The predicted molar refractivity (Wildman–Crippen MR) is 86.9 cm³/mol. The summed E-state index contributed by atoms with van der Waals surface area (Å²) in [6.45, 7) is 5.05. The van der Waals surface area contributed by atoms with Crippen molar-refractivity contribution >= 4 is 13.5 Å². The number of methoxy groups -OCH3 is 2. The van der Waals surface area contributed by atoms with Crippen LogP contribution < -0.4 is 14.3 Å². The Morgan fingerprint density at radius 2 is 1.70 bits per heavy atom. The molecule has 0 aliphatic heterocycles. The minimum Gasteiger partial charge on any atom is -0.497 e. The summed E-state index contributed by atoms with van der Waals surface area (Å²) in [5.41, 5.74) is 0. The molecule has 0 saturated heterocycles. The molecule has 1 aromatic rings. The third-order valence-electron chi connectivity index (χ3n) is 2.71. The number of rotatable bonds is 9. The SMILES string of the molecule is COCP(=O)(N[C@@H](C)C(=O)OC(C)C)Oc1ccc(OC)cc1. The first-order valence-corrected chi connectivity index (χ1v) is 9.00. The molecule has 0 spiro atoms. The Bertz CT molecular complexity index is 545. The monoisotopic (exact) mass is 345 g/mol. The molecule has 0 aromatic heterocycles. The summed E-state index contributed by atoms with van der Waals surface area (Å²) in [6.07, 6.45) is -0.436. The van der Waals surface area contributed by atoms with Gasteiger partial charge in [-0.15, -0.1) is 0 Å². The molecule has 0 radical (unpaired) electrons. The highest BCUT2D eigenvalue weighted by molar-refractivity contribution is 7.57. The third-order valence-corrected chi connectivity index (χ3v) is 4.59. The molecule has 0 fully saturated rings. The van der Waals surface area contributed by atoms with Gasteiger partial charge in [0.25, 0.3) is 0 Å². The van der Waals surface area contributed by atoms with Gasteiger partial charge in [0.15, 0.2) is 0 Å². The van der Waals surface area contributed by atoms with Crippen molar-refractivity contribution < 1.29 is 28.1 Å². The second-order valence-electron chi connectivity index (χ2n) is 5.19. The predicted octanol–water partition coefficient (Wildman–Crippen LogP) is 2.80. The molecule has 0 aliphatic carbocycles. The fourth-order valence-electron chi connectivity index (χ4n) is 1.75. The quantitative estimate of drug-likeness (QED) is 0.544. The lowest BCUT2D eigenvalue weighted by atomic mass is 10.3. The fourth-order valence-corrected chi connectivity index (χ4v) is 3.43. The smallest absolute Gasteiger partial charge is 0.342 e. The van der Waals surface area contributed by atoms with E-state index in [9.17, 15) is 9.36 Å². The second-order valence-corrected chi connectivity index (χ2v) is 7.24. The molecule has 7 nitrogen and oxygen atoms in total. The second kappa shape index (κ2) is 8.91. The zero-order valence-corrected chi connectivity index (χ0v) is 15.0. The summed E-state index contributed by atoms with van der Waals surface area (Å²) < 4.78 is 33.5. The van der Waals surface area contributed by atoms with Gasteiger partial charge in [0.2, 0.25) is 0 Å². The molecule has 0 saturated carbocycles. The van der Waals surface area contributed by atoms with E-state index in [2.05, 4.69) is 5.09 Å². The summed E-state index contributed by atoms with van der Waals surface area (Å²) in [4.78, 5) is 11.9. The van der Waals surface area contributed by atoms with E-state index in [1.807, 2.05) is 0 Å². The zero-order chi connectivity index (χ0) is 17.5. The van der Waals surface area contributed by atoms with Gasteiger partial charge >= 0.3 is 13.5 Å². The van der Waals surface area contributed by atoms with Crippen molar-refractivity contribution in [3.63, 3.8) is 0 Å². The van der Waals surface area contributed by atoms with E-state index in [0.29, 0.717) is 11.5 Å². The molecule has 0 aliphatic rings. The highest BCUT2D eigenvalue weighted by Crippen LogP contribution is 2.43. The number of hydrogen-bond donors (Lipinski definition) is 1. The fraction of sp³-hybridized carbons (Fsp3) is 0.533. The molecule has 0 amide bonds. The van der Waals surface area contributed by atoms with Crippen molar-refractivity contribution in [1.82, 2.24) is 5.09 Å². The zero-order valence-electron chi connectivity index (χ0n) is 14.1. The Morgan fingerprint density at radius 1 is 1.13 bits per heavy atom. The van der Waals surface area contributed by atoms with Crippen molar-refractivity contribution in [2.24, 2.45) is 0 Å². The van der Waals surface area contributed by atoms with Gasteiger partial charge in [-0.2, -0.15) is 0 Å². The minimum absolute atomic E-state index is 0.182. The maximum atomic E-state index is 12.8. The van der Waals surface area contributed by atoms with E-state index in [4.69, 9.17) is 18.7 Å². The number of hydrogen-bond acceptors (Lipinski definition) is 6. The van der Waals surface area contributed by atoms with Gasteiger partial charge in [0, 0.05) is 7.11 Å². The van der Waals surface area contributed by atoms with Crippen molar-refractivity contribution in [3.8, 4) is 11.5 Å². The van der Waals surface area contributed by atoms with Crippen LogP contribution in [-0.4, -0.2) is 38.7 Å². The first kappa shape index (κ1) is 19.5. The normalized spacial score (nSPS) is 14.9. The topological polar surface area (TPSA) is 83.1 Å². The Kier molecular flexibility index (Phi) is 7.55. The first-order valence-electron chi connectivity index (χ1n) is 7.19. The van der Waals surface area contributed by atoms with Gasteiger partial charge in [0.05, 0.1) is 13.2 Å². The van der Waals surface area contributed by atoms with Crippen LogP contribution >= 0.6 is 7.52 Å². The van der Waals surface area contributed by atoms with E-state index in [1.165, 1.54) is 7.11 Å². The number of esters is 1. The minimum atomic E-state index is -3.43. The Labute approximate surface area is 136 Å². The van der Waals surface area contributed by atoms with Crippen LogP contribution in [0.1, 0.15) is 20.8 Å². The van der Waals surface area contributed by atoms with Crippen LogP contribution in [0.3, 0.4) is 0 Å². The highest BCUT2D eigenvalue weighted by Gasteiger charge is 2.30. The first-order chi connectivity index (χ1) is 10.8. The van der Waals surface area contributed by atoms with Gasteiger partial charge in [0.1, 0.15) is 23.9 Å². The Hall–Kier alpha value is -1.56. The molecule has 1 N–H and O–H groups in total. The molecular weight excluding hydrogens is 321 g/mol. The van der Waals surface area contributed by atoms with E-state index in [-0.39, 0.29) is 12.5 Å². The van der Waals surface area contributed by atoms with Gasteiger partial charge in [-0.3, -0.25) is 9.36 Å². The molecule has 1 unspecified atom stereocenters. The lowest BCUT2D eigenvalue weighted by molar-refractivity contribution is -0.149. The van der Waals surface area contributed by atoms with Crippen molar-refractivity contribution in [2.45, 2.75) is 32.9 Å². The molecule has 23 heavy (non-hydrogen) atoms. The van der Waals surface area contributed by atoms with Crippen molar-refractivity contribution in [2.75, 3.05) is 20.6 Å². The molecule has 0 heterocycles. The molecule has 2 atom stereocenters. The standard InChI is InChI=1S/C15H24NO6P/c1-11(2)21-15(17)12(3)16-23(18,10-19-4)22-14-8-6-13(20-5)7-9-14/h6-9,11-12H,10H2,1-5H3,(H,16,18)/t12-,23?/m0/s1. The maximum absolute atomic E-state index is 12.8. The molecule has 130 valence electrons. The third kappa shape index (κ3) is 6.60. The van der Waals surface area contributed by atoms with Crippen LogP contribution in [0.15, 0.2) is 24.3 Å². The molecule has 1 aromatic carbocycles. The molecule has 0 bridgehead atoms. The Morgan fingerprint density at radius 3 is 2.17 bits per heavy atom.